The summed E-state index contributed by atoms with van der Waals surface area (Å²) in [4.78, 5) is 16.5. The Labute approximate surface area is 229 Å². The lowest BCUT2D eigenvalue weighted by molar-refractivity contribution is -0.143. The molecular formula is C28H35F7N4O. The molecule has 40 heavy (non-hydrogen) atoms. The van der Waals surface area contributed by atoms with E-state index in [4.69, 9.17) is 0 Å². The molecule has 12 heteroatoms. The van der Waals surface area contributed by atoms with Crippen LogP contribution in [0.15, 0.2) is 36.4 Å². The van der Waals surface area contributed by atoms with E-state index in [-0.39, 0.29) is 17.5 Å². The number of likely N-dealkylation sites (tertiary alicyclic amines) is 1. The predicted molar refractivity (Wildman–Crippen MR) is 138 cm³/mol. The summed E-state index contributed by atoms with van der Waals surface area (Å²) >= 11 is 0. The Bertz CT molecular complexity index is 1140. The van der Waals surface area contributed by atoms with Crippen LogP contribution in [0.25, 0.3) is 0 Å². The first-order valence-electron chi connectivity index (χ1n) is 13.1. The van der Waals surface area contributed by atoms with Crippen LogP contribution >= 0.6 is 0 Å². The molecule has 0 radical (unpaired) electrons. The SMILES string of the molecule is CNCCCNC[C@@H]1CCN(C(=O)N(C)[C@H](C)c2cc(C(F)(F)F)cc(C(F)(F)F)c2)[C@H]1c1ccc(F)cc1C. The zero-order chi connectivity index (χ0) is 29.8. The van der Waals surface area contributed by atoms with Gasteiger partial charge < -0.3 is 20.4 Å². The maximum absolute atomic E-state index is 13.9. The van der Waals surface area contributed by atoms with E-state index >= 15 is 0 Å². The van der Waals surface area contributed by atoms with Gasteiger partial charge >= 0.3 is 18.4 Å². The van der Waals surface area contributed by atoms with Crippen LogP contribution < -0.4 is 10.6 Å². The molecule has 1 fully saturated rings. The van der Waals surface area contributed by atoms with Gasteiger partial charge in [-0.1, -0.05) is 6.07 Å². The van der Waals surface area contributed by atoms with Crippen molar-refractivity contribution in [1.82, 2.24) is 20.4 Å². The van der Waals surface area contributed by atoms with Gasteiger partial charge in [0.2, 0.25) is 0 Å². The molecule has 1 aliphatic heterocycles. The average Bonchev–Trinajstić information content (AvgIpc) is 3.29. The van der Waals surface area contributed by atoms with Gasteiger partial charge in [0.1, 0.15) is 5.82 Å². The Kier molecular flexibility index (Phi) is 10.1. The zero-order valence-electron chi connectivity index (χ0n) is 22.9. The van der Waals surface area contributed by atoms with E-state index in [0.29, 0.717) is 37.2 Å². The van der Waals surface area contributed by atoms with Crippen molar-refractivity contribution in [1.29, 1.82) is 0 Å². The molecule has 2 aromatic rings. The number of hydrogen-bond donors (Lipinski definition) is 2. The van der Waals surface area contributed by atoms with Crippen LogP contribution in [-0.4, -0.2) is 56.1 Å². The maximum atomic E-state index is 13.9. The van der Waals surface area contributed by atoms with Crippen LogP contribution in [-0.2, 0) is 12.4 Å². The Hall–Kier alpha value is -2.86. The monoisotopic (exact) mass is 576 g/mol. The molecule has 0 spiro atoms. The minimum Gasteiger partial charge on any atom is -0.321 e. The van der Waals surface area contributed by atoms with Crippen molar-refractivity contribution in [3.05, 3.63) is 70.0 Å². The highest BCUT2D eigenvalue weighted by Gasteiger charge is 2.41. The number of nitrogens with one attached hydrogen (secondary N) is 2. The van der Waals surface area contributed by atoms with E-state index in [0.717, 1.165) is 30.0 Å². The molecule has 2 aromatic carbocycles. The first kappa shape index (κ1) is 31.7. The van der Waals surface area contributed by atoms with Gasteiger partial charge in [-0.3, -0.25) is 0 Å². The number of hydrogen-bond acceptors (Lipinski definition) is 3. The van der Waals surface area contributed by atoms with E-state index in [2.05, 4.69) is 10.6 Å². The van der Waals surface area contributed by atoms with Crippen molar-refractivity contribution in [3.63, 3.8) is 0 Å². The van der Waals surface area contributed by atoms with Crippen LogP contribution in [0.4, 0.5) is 35.5 Å². The number of alkyl halides is 6. The summed E-state index contributed by atoms with van der Waals surface area (Å²) < 4.78 is 94.5. The number of halogens is 7. The third kappa shape index (κ3) is 7.45. The second kappa shape index (κ2) is 12.8. The molecular weight excluding hydrogens is 541 g/mol. The van der Waals surface area contributed by atoms with Crippen molar-refractivity contribution in [2.24, 2.45) is 5.92 Å². The number of amides is 2. The van der Waals surface area contributed by atoms with Gasteiger partial charge in [0, 0.05) is 20.1 Å². The lowest BCUT2D eigenvalue weighted by Gasteiger charge is -2.35. The lowest BCUT2D eigenvalue weighted by Crippen LogP contribution is -2.43. The molecule has 0 bridgehead atoms. The molecule has 1 saturated heterocycles. The van der Waals surface area contributed by atoms with Crippen molar-refractivity contribution in [2.45, 2.75) is 51.1 Å². The molecule has 0 aromatic heterocycles. The Morgan fingerprint density at radius 2 is 1.68 bits per heavy atom. The number of carbonyl (C=O) groups is 1. The highest BCUT2D eigenvalue weighted by Crippen LogP contribution is 2.41. The minimum atomic E-state index is -4.99. The third-order valence-electron chi connectivity index (χ3n) is 7.48. The van der Waals surface area contributed by atoms with E-state index in [1.54, 1.807) is 17.9 Å². The van der Waals surface area contributed by atoms with E-state index < -0.39 is 47.4 Å². The molecule has 0 saturated carbocycles. The summed E-state index contributed by atoms with van der Waals surface area (Å²) in [7, 11) is 3.22. The number of rotatable bonds is 9. The van der Waals surface area contributed by atoms with Crippen molar-refractivity contribution < 1.29 is 35.5 Å². The number of nitrogens with zero attached hydrogens (tertiary/aromatic N) is 2. The lowest BCUT2D eigenvalue weighted by atomic mass is 9.90. The molecule has 3 atom stereocenters. The quantitative estimate of drug-likeness (QED) is 0.263. The number of urea groups is 1. The topological polar surface area (TPSA) is 47.6 Å². The Balaban J connectivity index is 1.91. The van der Waals surface area contributed by atoms with Crippen LogP contribution in [0.3, 0.4) is 0 Å². The fourth-order valence-electron chi connectivity index (χ4n) is 5.17. The maximum Gasteiger partial charge on any atom is 0.416 e. The molecule has 5 nitrogen and oxygen atoms in total. The largest absolute Gasteiger partial charge is 0.416 e. The van der Waals surface area contributed by atoms with Gasteiger partial charge in [-0.2, -0.15) is 26.3 Å². The van der Waals surface area contributed by atoms with E-state index in [9.17, 15) is 35.5 Å². The highest BCUT2D eigenvalue weighted by molar-refractivity contribution is 5.76. The average molecular weight is 577 g/mol. The van der Waals surface area contributed by atoms with Crippen LogP contribution in [0.2, 0.25) is 0 Å². The standard InChI is InChI=1S/C28H35F7N4O/c1-17-12-23(29)6-7-24(17)25-19(16-37-10-5-9-36-3)8-11-39(25)26(40)38(4)18(2)20-13-21(27(30,31)32)15-22(14-20)28(33,34)35/h6-7,12-15,18-19,25,36-37H,5,8-11,16H2,1-4H3/t18-,19+,25-/m1/s1. The number of carbonyl (C=O) groups excluding carboxylic acids is 1. The normalized spacial score (nSPS) is 18.7. The number of benzene rings is 2. The second-order valence-electron chi connectivity index (χ2n) is 10.3. The number of aryl methyl sites for hydroxylation is 1. The molecule has 222 valence electrons. The van der Waals surface area contributed by atoms with Gasteiger partial charge in [0.15, 0.2) is 0 Å². The van der Waals surface area contributed by atoms with Crippen molar-refractivity contribution in [2.75, 3.05) is 40.3 Å². The van der Waals surface area contributed by atoms with Crippen molar-refractivity contribution in [3.8, 4) is 0 Å². The van der Waals surface area contributed by atoms with E-state index in [1.165, 1.54) is 26.1 Å². The Morgan fingerprint density at radius 3 is 2.23 bits per heavy atom. The van der Waals surface area contributed by atoms with Gasteiger partial charge in [-0.15, -0.1) is 0 Å². The highest BCUT2D eigenvalue weighted by atomic mass is 19.4. The minimum absolute atomic E-state index is 0.0307. The molecule has 1 aliphatic rings. The fourth-order valence-corrected chi connectivity index (χ4v) is 5.17. The van der Waals surface area contributed by atoms with E-state index in [1.807, 2.05) is 7.05 Å². The summed E-state index contributed by atoms with van der Waals surface area (Å²) in [6.07, 6.45) is -8.47. The molecule has 3 rings (SSSR count). The van der Waals surface area contributed by atoms with Gasteiger partial charge in [-0.25, -0.2) is 9.18 Å². The molecule has 2 N–H and O–H groups in total. The van der Waals surface area contributed by atoms with Crippen LogP contribution in [0.1, 0.15) is 59.7 Å². The molecule has 2 amide bonds. The van der Waals surface area contributed by atoms with Gasteiger partial charge in [-0.05, 0) is 99.8 Å². The van der Waals surface area contributed by atoms with Crippen LogP contribution in [0, 0.1) is 18.7 Å². The fraction of sp³-hybridized carbons (Fsp3) is 0.536. The molecule has 0 aliphatic carbocycles. The summed E-state index contributed by atoms with van der Waals surface area (Å²) in [5.74, 6) is -0.452. The summed E-state index contributed by atoms with van der Waals surface area (Å²) in [5, 5.41) is 6.46. The van der Waals surface area contributed by atoms with Crippen LogP contribution in [0.5, 0.6) is 0 Å². The summed E-state index contributed by atoms with van der Waals surface area (Å²) in [6, 6.07) is 3.60. The van der Waals surface area contributed by atoms with Crippen molar-refractivity contribution >= 4 is 6.03 Å². The Morgan fingerprint density at radius 1 is 1.05 bits per heavy atom. The van der Waals surface area contributed by atoms with Gasteiger partial charge in [0.25, 0.3) is 0 Å². The second-order valence-corrected chi connectivity index (χ2v) is 10.3. The predicted octanol–water partition coefficient (Wildman–Crippen LogP) is 6.55. The molecule has 1 heterocycles. The third-order valence-corrected chi connectivity index (χ3v) is 7.48. The summed E-state index contributed by atoms with van der Waals surface area (Å²) in [5.41, 5.74) is -1.76. The zero-order valence-corrected chi connectivity index (χ0v) is 22.9. The first-order chi connectivity index (χ1) is 18.6. The smallest absolute Gasteiger partial charge is 0.321 e. The molecule has 0 unspecified atom stereocenters. The summed E-state index contributed by atoms with van der Waals surface area (Å²) in [6.45, 7) is 5.62. The first-order valence-corrected chi connectivity index (χ1v) is 13.1. The van der Waals surface area contributed by atoms with Gasteiger partial charge in [0.05, 0.1) is 23.2 Å².